The number of anilines is 1. The fraction of sp³-hybridized carbons (Fsp3) is 0.625. The molecule has 1 N–H and O–H groups in total. The lowest BCUT2D eigenvalue weighted by Gasteiger charge is -2.27. The van der Waals surface area contributed by atoms with Gasteiger partial charge in [-0.1, -0.05) is 31.5 Å². The normalized spacial score (nSPS) is 20.7. The van der Waals surface area contributed by atoms with Crippen molar-refractivity contribution >= 4 is 17.3 Å². The van der Waals surface area contributed by atoms with Crippen LogP contribution in [0.25, 0.3) is 0 Å². The van der Waals surface area contributed by atoms with Crippen LogP contribution in [0.5, 0.6) is 0 Å². The van der Waals surface area contributed by atoms with E-state index in [2.05, 4.69) is 23.6 Å². The van der Waals surface area contributed by atoms with Gasteiger partial charge in [0, 0.05) is 19.1 Å². The van der Waals surface area contributed by atoms with Gasteiger partial charge in [-0.05, 0) is 44.1 Å². The van der Waals surface area contributed by atoms with Crippen molar-refractivity contribution in [2.75, 3.05) is 31.1 Å². The Labute approximate surface area is 127 Å². The van der Waals surface area contributed by atoms with Crippen LogP contribution in [0.4, 0.5) is 5.69 Å². The molecule has 0 radical (unpaired) electrons. The summed E-state index contributed by atoms with van der Waals surface area (Å²) < 4.78 is 0. The van der Waals surface area contributed by atoms with Crippen LogP contribution in [0, 0.1) is 0 Å². The SMILES string of the molecule is CCN(CC)C1CCN(c2ccc([C@@H](C)O)cc2Cl)C1. The van der Waals surface area contributed by atoms with E-state index in [4.69, 9.17) is 11.6 Å². The van der Waals surface area contributed by atoms with Gasteiger partial charge in [-0.15, -0.1) is 0 Å². The number of halogens is 1. The van der Waals surface area contributed by atoms with Crippen LogP contribution in [0.3, 0.4) is 0 Å². The van der Waals surface area contributed by atoms with Gasteiger partial charge in [0.15, 0.2) is 0 Å². The van der Waals surface area contributed by atoms with Crippen LogP contribution >= 0.6 is 11.6 Å². The molecule has 1 aliphatic rings. The van der Waals surface area contributed by atoms with Gasteiger partial charge in [0.1, 0.15) is 0 Å². The summed E-state index contributed by atoms with van der Waals surface area (Å²) in [4.78, 5) is 4.87. The summed E-state index contributed by atoms with van der Waals surface area (Å²) in [5, 5.41) is 10.3. The van der Waals surface area contributed by atoms with E-state index in [1.165, 1.54) is 6.42 Å². The molecule has 2 rings (SSSR count). The Balaban J connectivity index is 2.10. The van der Waals surface area contributed by atoms with Crippen LogP contribution in [0.2, 0.25) is 5.02 Å². The Morgan fingerprint density at radius 3 is 2.65 bits per heavy atom. The molecule has 1 heterocycles. The van der Waals surface area contributed by atoms with Crippen molar-refractivity contribution in [1.29, 1.82) is 0 Å². The first-order chi connectivity index (χ1) is 9.56. The smallest absolute Gasteiger partial charge is 0.0762 e. The Morgan fingerprint density at radius 2 is 2.10 bits per heavy atom. The standard InChI is InChI=1S/C16H25ClN2O/c1-4-18(5-2)14-8-9-19(11-14)16-7-6-13(12(3)20)10-15(16)17/h6-7,10,12,14,20H,4-5,8-9,11H2,1-3H3/t12-,14?/m1/s1. The van der Waals surface area contributed by atoms with Gasteiger partial charge in [0.25, 0.3) is 0 Å². The summed E-state index contributed by atoms with van der Waals surface area (Å²) >= 11 is 6.38. The highest BCUT2D eigenvalue weighted by atomic mass is 35.5. The van der Waals surface area contributed by atoms with E-state index in [1.807, 2.05) is 18.2 Å². The van der Waals surface area contributed by atoms with Crippen molar-refractivity contribution in [2.24, 2.45) is 0 Å². The molecule has 1 unspecified atom stereocenters. The van der Waals surface area contributed by atoms with E-state index in [0.29, 0.717) is 6.04 Å². The Kier molecular flexibility index (Phi) is 5.30. The minimum Gasteiger partial charge on any atom is -0.389 e. The van der Waals surface area contributed by atoms with Crippen molar-refractivity contribution in [2.45, 2.75) is 39.3 Å². The molecule has 4 heteroatoms. The van der Waals surface area contributed by atoms with Crippen LogP contribution < -0.4 is 4.90 Å². The molecule has 0 spiro atoms. The number of aliphatic hydroxyl groups is 1. The van der Waals surface area contributed by atoms with Gasteiger partial charge in [-0.2, -0.15) is 0 Å². The van der Waals surface area contributed by atoms with Crippen molar-refractivity contribution in [3.05, 3.63) is 28.8 Å². The van der Waals surface area contributed by atoms with Crippen molar-refractivity contribution in [1.82, 2.24) is 4.90 Å². The summed E-state index contributed by atoms with van der Waals surface area (Å²) in [5.41, 5.74) is 1.96. The average molecular weight is 297 g/mol. The topological polar surface area (TPSA) is 26.7 Å². The molecule has 0 amide bonds. The molecule has 0 aromatic heterocycles. The third-order valence-corrected chi connectivity index (χ3v) is 4.59. The van der Waals surface area contributed by atoms with Crippen molar-refractivity contribution < 1.29 is 5.11 Å². The van der Waals surface area contributed by atoms with Crippen LogP contribution in [0.1, 0.15) is 38.9 Å². The molecule has 1 saturated heterocycles. The van der Waals surface area contributed by atoms with Crippen molar-refractivity contribution in [3.63, 3.8) is 0 Å². The average Bonchev–Trinajstić information content (AvgIpc) is 2.89. The zero-order chi connectivity index (χ0) is 14.7. The molecule has 1 aromatic rings. The lowest BCUT2D eigenvalue weighted by molar-refractivity contribution is 0.199. The molecule has 0 saturated carbocycles. The van der Waals surface area contributed by atoms with E-state index in [1.54, 1.807) is 6.92 Å². The summed E-state index contributed by atoms with van der Waals surface area (Å²) in [6, 6.07) is 6.51. The van der Waals surface area contributed by atoms with Gasteiger partial charge in [0.2, 0.25) is 0 Å². The number of rotatable bonds is 5. The highest BCUT2D eigenvalue weighted by Crippen LogP contribution is 2.32. The van der Waals surface area contributed by atoms with Crippen LogP contribution in [-0.2, 0) is 0 Å². The zero-order valence-electron chi connectivity index (χ0n) is 12.6. The monoisotopic (exact) mass is 296 g/mol. The second-order valence-electron chi connectivity index (χ2n) is 5.50. The highest BCUT2D eigenvalue weighted by Gasteiger charge is 2.27. The quantitative estimate of drug-likeness (QED) is 0.903. The highest BCUT2D eigenvalue weighted by molar-refractivity contribution is 6.33. The summed E-state index contributed by atoms with van der Waals surface area (Å²) in [7, 11) is 0. The van der Waals surface area contributed by atoms with Gasteiger partial charge in [0.05, 0.1) is 16.8 Å². The van der Waals surface area contributed by atoms with Crippen molar-refractivity contribution in [3.8, 4) is 0 Å². The lowest BCUT2D eigenvalue weighted by atomic mass is 10.1. The zero-order valence-corrected chi connectivity index (χ0v) is 13.4. The molecule has 0 bridgehead atoms. The van der Waals surface area contributed by atoms with E-state index in [0.717, 1.165) is 42.5 Å². The Hall–Kier alpha value is -0.770. The summed E-state index contributed by atoms with van der Waals surface area (Å²) in [6.07, 6.45) is 0.722. The number of nitrogens with zero attached hydrogens (tertiary/aromatic N) is 2. The fourth-order valence-corrected chi connectivity index (χ4v) is 3.35. The first kappa shape index (κ1) is 15.6. The maximum absolute atomic E-state index is 9.60. The third-order valence-electron chi connectivity index (χ3n) is 4.29. The molecule has 20 heavy (non-hydrogen) atoms. The van der Waals surface area contributed by atoms with Crippen LogP contribution in [0.15, 0.2) is 18.2 Å². The summed E-state index contributed by atoms with van der Waals surface area (Å²) in [5.74, 6) is 0. The Morgan fingerprint density at radius 1 is 1.40 bits per heavy atom. The van der Waals surface area contributed by atoms with E-state index in [9.17, 15) is 5.11 Å². The molecule has 112 valence electrons. The van der Waals surface area contributed by atoms with Gasteiger partial charge in [-0.3, -0.25) is 4.90 Å². The minimum atomic E-state index is -0.469. The van der Waals surface area contributed by atoms with Gasteiger partial charge < -0.3 is 10.0 Å². The maximum atomic E-state index is 9.60. The first-order valence-corrected chi connectivity index (χ1v) is 7.91. The molecule has 3 nitrogen and oxygen atoms in total. The molecule has 1 aliphatic heterocycles. The predicted octanol–water partition coefficient (Wildman–Crippen LogP) is 3.31. The summed E-state index contributed by atoms with van der Waals surface area (Å²) in [6.45, 7) is 10.5. The molecule has 1 aromatic carbocycles. The van der Waals surface area contributed by atoms with Gasteiger partial charge in [-0.25, -0.2) is 0 Å². The number of hydrogen-bond donors (Lipinski definition) is 1. The van der Waals surface area contributed by atoms with E-state index >= 15 is 0 Å². The third kappa shape index (κ3) is 3.27. The Bertz CT molecular complexity index is 446. The first-order valence-electron chi connectivity index (χ1n) is 7.53. The number of benzene rings is 1. The molecular formula is C16H25ClN2O. The maximum Gasteiger partial charge on any atom is 0.0762 e. The van der Waals surface area contributed by atoms with Crippen LogP contribution in [-0.4, -0.2) is 42.2 Å². The fourth-order valence-electron chi connectivity index (χ4n) is 3.04. The van der Waals surface area contributed by atoms with E-state index in [-0.39, 0.29) is 0 Å². The second-order valence-corrected chi connectivity index (χ2v) is 5.90. The van der Waals surface area contributed by atoms with E-state index < -0.39 is 6.10 Å². The largest absolute Gasteiger partial charge is 0.389 e. The lowest BCUT2D eigenvalue weighted by Crippen LogP contribution is -2.37. The molecule has 1 fully saturated rings. The number of hydrogen-bond acceptors (Lipinski definition) is 3. The second kappa shape index (κ2) is 6.79. The molecular weight excluding hydrogens is 272 g/mol. The van der Waals surface area contributed by atoms with Gasteiger partial charge >= 0.3 is 0 Å². The molecule has 2 atom stereocenters. The predicted molar refractivity (Wildman–Crippen MR) is 85.6 cm³/mol. The number of likely N-dealkylation sites (N-methyl/N-ethyl adjacent to an activating group) is 1. The number of aliphatic hydroxyl groups excluding tert-OH is 1. The molecule has 0 aliphatic carbocycles. The minimum absolute atomic E-state index is 0.469.